The van der Waals surface area contributed by atoms with Gasteiger partial charge in [-0.15, -0.1) is 0 Å². The molecule has 0 aromatic heterocycles. The van der Waals surface area contributed by atoms with E-state index in [2.05, 4.69) is 54.7 Å². The van der Waals surface area contributed by atoms with Crippen LogP contribution in [-0.2, 0) is 0 Å². The largest absolute Gasteiger partial charge is 0.0996 e. The molecule has 0 saturated heterocycles. The van der Waals surface area contributed by atoms with Crippen LogP contribution in [-0.4, -0.2) is 0 Å². The van der Waals surface area contributed by atoms with E-state index < -0.39 is 0 Å². The molecule has 0 aromatic rings. The molecular weight excluding hydrogens is 360 g/mol. The van der Waals surface area contributed by atoms with Gasteiger partial charge in [-0.1, -0.05) is 78.7 Å². The second-order valence-electron chi connectivity index (χ2n) is 13.9. The highest BCUT2D eigenvalue weighted by Crippen LogP contribution is 2.64. The van der Waals surface area contributed by atoms with Crippen molar-refractivity contribution in [3.8, 4) is 0 Å². The van der Waals surface area contributed by atoms with E-state index in [0.717, 1.165) is 23.7 Å². The highest BCUT2D eigenvalue weighted by Gasteiger charge is 2.55. The third-order valence-electron chi connectivity index (χ3n) is 11.4. The fourth-order valence-electron chi connectivity index (χ4n) is 9.95. The molecule has 6 atom stereocenters. The van der Waals surface area contributed by atoms with Crippen molar-refractivity contribution in [2.24, 2.45) is 45.3 Å². The van der Waals surface area contributed by atoms with Crippen molar-refractivity contribution in [3.05, 3.63) is 24.3 Å². The van der Waals surface area contributed by atoms with E-state index in [9.17, 15) is 0 Å². The first kappa shape index (κ1) is 22.7. The summed E-state index contributed by atoms with van der Waals surface area (Å²) in [4.78, 5) is 0. The average molecular weight is 411 g/mol. The van der Waals surface area contributed by atoms with E-state index >= 15 is 0 Å². The van der Waals surface area contributed by atoms with Crippen molar-refractivity contribution < 1.29 is 0 Å². The molecule has 0 aliphatic heterocycles. The molecule has 0 N–H and O–H groups in total. The first-order valence-electron chi connectivity index (χ1n) is 13.3. The number of hydrogen-bond donors (Lipinski definition) is 0. The van der Waals surface area contributed by atoms with Gasteiger partial charge in [0, 0.05) is 0 Å². The molecule has 30 heavy (non-hydrogen) atoms. The lowest BCUT2D eigenvalue weighted by Gasteiger charge is -2.60. The molecule has 0 unspecified atom stereocenters. The second kappa shape index (κ2) is 7.52. The summed E-state index contributed by atoms with van der Waals surface area (Å²) in [6, 6.07) is 0. The summed E-state index contributed by atoms with van der Waals surface area (Å²) >= 11 is 0. The van der Waals surface area contributed by atoms with Gasteiger partial charge < -0.3 is 0 Å². The molecule has 170 valence electrons. The van der Waals surface area contributed by atoms with Crippen LogP contribution in [0.3, 0.4) is 0 Å². The Morgan fingerprint density at radius 3 is 1.37 bits per heavy atom. The lowest BCUT2D eigenvalue weighted by molar-refractivity contribution is -0.0702. The third kappa shape index (κ3) is 3.47. The fourth-order valence-corrected chi connectivity index (χ4v) is 9.95. The zero-order valence-corrected chi connectivity index (χ0v) is 21.2. The van der Waals surface area contributed by atoms with E-state index in [1.807, 2.05) is 0 Å². The summed E-state index contributed by atoms with van der Waals surface area (Å²) < 4.78 is 0. The molecule has 0 nitrogen and oxygen atoms in total. The van der Waals surface area contributed by atoms with Crippen molar-refractivity contribution in [3.63, 3.8) is 0 Å². The average Bonchev–Trinajstić information content (AvgIpc) is 2.61. The first-order valence-corrected chi connectivity index (χ1v) is 13.3. The van der Waals surface area contributed by atoms with Crippen LogP contribution in [0.15, 0.2) is 24.3 Å². The van der Waals surface area contributed by atoms with Crippen LogP contribution in [0.2, 0.25) is 0 Å². The van der Waals surface area contributed by atoms with Gasteiger partial charge >= 0.3 is 0 Å². The minimum Gasteiger partial charge on any atom is -0.0996 e. The topological polar surface area (TPSA) is 0 Å². The van der Waals surface area contributed by atoms with Crippen LogP contribution in [0.25, 0.3) is 0 Å². The lowest BCUT2D eigenvalue weighted by Crippen LogP contribution is -2.51. The number of rotatable bonds is 3. The van der Waals surface area contributed by atoms with Gasteiger partial charge in [0.05, 0.1) is 0 Å². The molecular formula is C30H50. The Hall–Kier alpha value is -0.520. The molecule has 4 fully saturated rings. The van der Waals surface area contributed by atoms with E-state index in [-0.39, 0.29) is 0 Å². The Labute approximate surface area is 188 Å². The summed E-state index contributed by atoms with van der Waals surface area (Å²) in [6.07, 6.45) is 16.5. The van der Waals surface area contributed by atoms with Gasteiger partial charge in [-0.05, 0) is 110 Å². The van der Waals surface area contributed by atoms with E-state index in [4.69, 9.17) is 0 Å². The smallest absolute Gasteiger partial charge is 0.0149 e. The maximum atomic E-state index is 4.66. The molecule has 0 aromatic carbocycles. The van der Waals surface area contributed by atoms with Gasteiger partial charge in [0.1, 0.15) is 0 Å². The van der Waals surface area contributed by atoms with Crippen molar-refractivity contribution in [2.45, 2.75) is 119 Å². The van der Waals surface area contributed by atoms with Crippen molar-refractivity contribution in [1.29, 1.82) is 0 Å². The quantitative estimate of drug-likeness (QED) is 0.406. The lowest BCUT2D eigenvalue weighted by atomic mass is 9.45. The second-order valence-corrected chi connectivity index (χ2v) is 13.9. The number of hydrogen-bond acceptors (Lipinski definition) is 0. The number of allylic oxidation sites excluding steroid dienone is 2. The fraction of sp³-hybridized carbons (Fsp3) is 0.867. The molecule has 4 aliphatic carbocycles. The Bertz CT molecular complexity index is 633. The molecule has 0 heteroatoms. The zero-order chi connectivity index (χ0) is 21.9. The highest BCUT2D eigenvalue weighted by atomic mass is 14.6. The van der Waals surface area contributed by atoms with Gasteiger partial charge in [0.15, 0.2) is 0 Å². The standard InChI is InChI=1S/C30H50/c1-21-11-15-25-27(3,4)17-9-19-29(25,7)23(21)13-14-24-22(2)12-16-26-28(5,6)18-10-20-30(24,26)8/h23-26H,1-2,9-20H2,3-8H3/t23-,24-,25-,26-,29+,30+/m0/s1. The van der Waals surface area contributed by atoms with Crippen LogP contribution in [0.4, 0.5) is 0 Å². The maximum absolute atomic E-state index is 4.66. The summed E-state index contributed by atoms with van der Waals surface area (Å²) in [5.41, 5.74) is 5.12. The van der Waals surface area contributed by atoms with Gasteiger partial charge in [0.25, 0.3) is 0 Å². The SMILES string of the molecule is C=C1CC[C@H]2C(C)(C)CCC[C@]2(C)[C@H]1CC[C@H]1C(=C)CC[C@H]2C(C)(C)CCC[C@]12C. The minimum atomic E-state index is 0.471. The van der Waals surface area contributed by atoms with Crippen LogP contribution in [0.1, 0.15) is 119 Å². The normalized spacial score (nSPS) is 45.5. The minimum absolute atomic E-state index is 0.471. The maximum Gasteiger partial charge on any atom is -0.0149 e. The monoisotopic (exact) mass is 410 g/mol. The molecule has 4 aliphatic rings. The molecule has 0 bridgehead atoms. The first-order chi connectivity index (χ1) is 13.9. The Balaban J connectivity index is 1.56. The molecule has 0 spiro atoms. The molecule has 0 radical (unpaired) electrons. The Kier molecular flexibility index (Phi) is 5.68. The Morgan fingerprint density at radius 2 is 1.00 bits per heavy atom. The molecule has 0 heterocycles. The molecule has 0 amide bonds. The predicted octanol–water partition coefficient (Wildman–Crippen LogP) is 9.36. The Morgan fingerprint density at radius 1 is 0.633 bits per heavy atom. The predicted molar refractivity (Wildman–Crippen MR) is 131 cm³/mol. The van der Waals surface area contributed by atoms with Crippen molar-refractivity contribution >= 4 is 0 Å². The summed E-state index contributed by atoms with van der Waals surface area (Å²) in [6.45, 7) is 24.8. The van der Waals surface area contributed by atoms with Crippen molar-refractivity contribution in [2.75, 3.05) is 0 Å². The summed E-state index contributed by atoms with van der Waals surface area (Å²) in [5, 5.41) is 0. The molecule has 4 rings (SSSR count). The highest BCUT2D eigenvalue weighted by molar-refractivity contribution is 5.19. The molecule has 4 saturated carbocycles. The van der Waals surface area contributed by atoms with Crippen molar-refractivity contribution in [1.82, 2.24) is 0 Å². The van der Waals surface area contributed by atoms with E-state index in [0.29, 0.717) is 21.7 Å². The van der Waals surface area contributed by atoms with Gasteiger partial charge in [-0.2, -0.15) is 0 Å². The summed E-state index contributed by atoms with van der Waals surface area (Å²) in [7, 11) is 0. The van der Waals surface area contributed by atoms with Crippen LogP contribution < -0.4 is 0 Å². The van der Waals surface area contributed by atoms with Gasteiger partial charge in [0.2, 0.25) is 0 Å². The van der Waals surface area contributed by atoms with Crippen LogP contribution in [0, 0.1) is 45.3 Å². The van der Waals surface area contributed by atoms with Crippen LogP contribution in [0.5, 0.6) is 0 Å². The van der Waals surface area contributed by atoms with E-state index in [1.54, 1.807) is 11.1 Å². The van der Waals surface area contributed by atoms with Gasteiger partial charge in [-0.25, -0.2) is 0 Å². The van der Waals surface area contributed by atoms with Gasteiger partial charge in [-0.3, -0.25) is 0 Å². The zero-order valence-electron chi connectivity index (χ0n) is 21.2. The number of fused-ring (bicyclic) bond motifs is 2. The third-order valence-corrected chi connectivity index (χ3v) is 11.4. The van der Waals surface area contributed by atoms with E-state index in [1.165, 1.54) is 77.0 Å². The van der Waals surface area contributed by atoms with Crippen LogP contribution >= 0.6 is 0 Å². The summed E-state index contributed by atoms with van der Waals surface area (Å²) in [5.74, 6) is 3.20.